The first-order valence-corrected chi connectivity index (χ1v) is 2.96. The third-order valence-electron chi connectivity index (χ3n) is 0.859. The van der Waals surface area contributed by atoms with Crippen LogP contribution >= 0.6 is 11.6 Å². The smallest absolute Gasteiger partial charge is 0.347 e. The minimum Gasteiger partial charge on any atom is -0.385 e. The summed E-state index contributed by atoms with van der Waals surface area (Å²) in [4.78, 5) is 10.1. The normalized spacial score (nSPS) is 14.9. The Balaban J connectivity index is 3.85. The van der Waals surface area contributed by atoms with E-state index in [-0.39, 0.29) is 0 Å². The van der Waals surface area contributed by atoms with Crippen LogP contribution in [0.25, 0.3) is 0 Å². The van der Waals surface area contributed by atoms with Gasteiger partial charge in [-0.05, 0) is 18.5 Å². The first kappa shape index (κ1) is 9.78. The van der Waals surface area contributed by atoms with Crippen LogP contribution in [0.4, 0.5) is 8.78 Å². The number of hydrogen-bond donors (Lipinski definition) is 1. The van der Waals surface area contributed by atoms with Crippen molar-refractivity contribution < 1.29 is 18.7 Å². The number of halogens is 3. The number of carbonyl (C=O) groups is 1. The Labute approximate surface area is 61.8 Å². The largest absolute Gasteiger partial charge is 0.385 e. The Morgan fingerprint density at radius 2 is 2.20 bits per heavy atom. The number of hydrogen-bond acceptors (Lipinski definition) is 2. The van der Waals surface area contributed by atoms with Crippen molar-refractivity contribution in [2.45, 2.75) is 24.8 Å². The molecule has 2 nitrogen and oxygen atoms in total. The molecule has 0 amide bonds. The van der Waals surface area contributed by atoms with E-state index in [1.54, 1.807) is 0 Å². The number of alkyl halides is 3. The third-order valence-corrected chi connectivity index (χ3v) is 1.11. The van der Waals surface area contributed by atoms with Gasteiger partial charge in [-0.15, -0.1) is 0 Å². The summed E-state index contributed by atoms with van der Waals surface area (Å²) in [5.41, 5.74) is 0. The predicted molar refractivity (Wildman–Crippen MR) is 32.1 cm³/mol. The second-order valence-corrected chi connectivity index (χ2v) is 2.47. The molecule has 0 rings (SSSR count). The Hall–Kier alpha value is -0.220. The van der Waals surface area contributed by atoms with Gasteiger partial charge in [-0.2, -0.15) is 8.78 Å². The summed E-state index contributed by atoms with van der Waals surface area (Å²) in [7, 11) is 0. The molecule has 1 atom stereocenters. The zero-order chi connectivity index (χ0) is 8.36. The lowest BCUT2D eigenvalue weighted by Gasteiger charge is -2.13. The van der Waals surface area contributed by atoms with Gasteiger partial charge in [0.2, 0.25) is 0 Å². The van der Waals surface area contributed by atoms with Crippen LogP contribution in [-0.4, -0.2) is 22.4 Å². The molecule has 10 heavy (non-hydrogen) atoms. The van der Waals surface area contributed by atoms with E-state index in [0.29, 0.717) is 0 Å². The van der Waals surface area contributed by atoms with Crippen LogP contribution in [0.5, 0.6) is 0 Å². The molecule has 1 N–H and O–H groups in total. The van der Waals surface area contributed by atoms with Gasteiger partial charge in [-0.25, -0.2) is 0 Å². The molecule has 0 saturated carbocycles. The first-order valence-electron chi connectivity index (χ1n) is 2.58. The zero-order valence-corrected chi connectivity index (χ0v) is 6.03. The standard InChI is InChI=1S/C5H7ClF2O2/c1-3(9)2-4(10)5(6,7)8/h4,10H,2H2,1H3. The molecule has 0 spiro atoms. The molecule has 0 aliphatic carbocycles. The summed E-state index contributed by atoms with van der Waals surface area (Å²) in [5, 5.41) is 4.75. The lowest BCUT2D eigenvalue weighted by atomic mass is 10.2. The molecular weight excluding hydrogens is 166 g/mol. The quantitative estimate of drug-likeness (QED) is 0.649. The SMILES string of the molecule is CC(=O)CC(O)C(F)(F)Cl. The van der Waals surface area contributed by atoms with E-state index in [0.717, 1.165) is 6.92 Å². The van der Waals surface area contributed by atoms with Gasteiger partial charge in [0.1, 0.15) is 11.9 Å². The third kappa shape index (κ3) is 3.74. The molecule has 60 valence electrons. The highest BCUT2D eigenvalue weighted by molar-refractivity contribution is 6.22. The zero-order valence-electron chi connectivity index (χ0n) is 5.27. The van der Waals surface area contributed by atoms with Crippen LogP contribution in [0.15, 0.2) is 0 Å². The highest BCUT2D eigenvalue weighted by atomic mass is 35.5. The van der Waals surface area contributed by atoms with Gasteiger partial charge in [-0.1, -0.05) is 0 Å². The van der Waals surface area contributed by atoms with Crippen LogP contribution in [0, 0.1) is 0 Å². The first-order chi connectivity index (χ1) is 4.34. The molecule has 5 heteroatoms. The fraction of sp³-hybridized carbons (Fsp3) is 0.800. The van der Waals surface area contributed by atoms with Gasteiger partial charge < -0.3 is 5.11 Å². The average molecular weight is 173 g/mol. The van der Waals surface area contributed by atoms with Gasteiger partial charge in [0.15, 0.2) is 0 Å². The van der Waals surface area contributed by atoms with Crippen molar-refractivity contribution in [2.75, 3.05) is 0 Å². The molecule has 0 aliphatic heterocycles. The topological polar surface area (TPSA) is 37.3 Å². The Kier molecular flexibility index (Phi) is 3.18. The van der Waals surface area contributed by atoms with Crippen molar-refractivity contribution in [2.24, 2.45) is 0 Å². The fourth-order valence-corrected chi connectivity index (χ4v) is 0.465. The van der Waals surface area contributed by atoms with Gasteiger partial charge in [0.25, 0.3) is 0 Å². The van der Waals surface area contributed by atoms with Crippen molar-refractivity contribution >= 4 is 17.4 Å². The highest BCUT2D eigenvalue weighted by Crippen LogP contribution is 2.25. The summed E-state index contributed by atoms with van der Waals surface area (Å²) >= 11 is 4.39. The van der Waals surface area contributed by atoms with Crippen molar-refractivity contribution in [1.29, 1.82) is 0 Å². The van der Waals surface area contributed by atoms with Crippen LogP contribution in [0.1, 0.15) is 13.3 Å². The number of aliphatic hydroxyl groups is 1. The van der Waals surface area contributed by atoms with E-state index in [4.69, 9.17) is 5.11 Å². The fourth-order valence-electron chi connectivity index (χ4n) is 0.388. The lowest BCUT2D eigenvalue weighted by Crippen LogP contribution is -2.29. The maximum atomic E-state index is 11.8. The Morgan fingerprint density at radius 3 is 2.30 bits per heavy atom. The van der Waals surface area contributed by atoms with E-state index < -0.39 is 23.7 Å². The van der Waals surface area contributed by atoms with Crippen molar-refractivity contribution in [3.05, 3.63) is 0 Å². The van der Waals surface area contributed by atoms with Gasteiger partial charge >= 0.3 is 5.38 Å². The Bertz CT molecular complexity index is 132. The lowest BCUT2D eigenvalue weighted by molar-refractivity contribution is -0.123. The van der Waals surface area contributed by atoms with E-state index in [1.807, 2.05) is 0 Å². The van der Waals surface area contributed by atoms with E-state index >= 15 is 0 Å². The Morgan fingerprint density at radius 1 is 1.80 bits per heavy atom. The molecule has 0 fully saturated rings. The molecule has 0 saturated heterocycles. The summed E-state index contributed by atoms with van der Waals surface area (Å²) in [6.45, 7) is 1.10. The van der Waals surface area contributed by atoms with Crippen molar-refractivity contribution in [1.82, 2.24) is 0 Å². The number of Topliss-reactive ketones (excluding diaryl/α,β-unsaturated/α-hetero) is 1. The summed E-state index contributed by atoms with van der Waals surface area (Å²) in [6, 6.07) is 0. The minimum absolute atomic E-state index is 0.521. The maximum Gasteiger partial charge on any atom is 0.347 e. The maximum absolute atomic E-state index is 11.8. The molecule has 1 unspecified atom stereocenters. The second kappa shape index (κ2) is 3.25. The summed E-state index contributed by atoms with van der Waals surface area (Å²) < 4.78 is 23.7. The molecular formula is C5H7ClF2O2. The number of aliphatic hydroxyl groups excluding tert-OH is 1. The summed E-state index contributed by atoms with van der Waals surface area (Å²) in [5.74, 6) is -0.521. The van der Waals surface area contributed by atoms with Crippen molar-refractivity contribution in [3.63, 3.8) is 0 Å². The van der Waals surface area contributed by atoms with Gasteiger partial charge in [0.05, 0.1) is 0 Å². The molecule has 0 aliphatic rings. The van der Waals surface area contributed by atoms with Crippen molar-refractivity contribution in [3.8, 4) is 0 Å². The molecule has 0 aromatic rings. The van der Waals surface area contributed by atoms with Gasteiger partial charge in [-0.3, -0.25) is 4.79 Å². The van der Waals surface area contributed by atoms with Crippen LogP contribution in [0.2, 0.25) is 0 Å². The molecule has 0 radical (unpaired) electrons. The monoisotopic (exact) mass is 172 g/mol. The van der Waals surface area contributed by atoms with E-state index in [1.165, 1.54) is 0 Å². The number of carbonyl (C=O) groups excluding carboxylic acids is 1. The van der Waals surface area contributed by atoms with E-state index in [2.05, 4.69) is 11.6 Å². The van der Waals surface area contributed by atoms with Gasteiger partial charge in [0, 0.05) is 6.42 Å². The van der Waals surface area contributed by atoms with Crippen LogP contribution in [-0.2, 0) is 4.79 Å². The molecule has 0 aromatic carbocycles. The minimum atomic E-state index is -3.70. The number of rotatable bonds is 3. The number of ketones is 1. The average Bonchev–Trinajstić information content (AvgIpc) is 1.60. The van der Waals surface area contributed by atoms with Crippen LogP contribution < -0.4 is 0 Å². The second-order valence-electron chi connectivity index (χ2n) is 1.96. The highest BCUT2D eigenvalue weighted by Gasteiger charge is 2.35. The summed E-state index contributed by atoms with van der Waals surface area (Å²) in [6.07, 6.45) is -2.69. The molecule has 0 aromatic heterocycles. The molecule has 0 bridgehead atoms. The van der Waals surface area contributed by atoms with E-state index in [9.17, 15) is 13.6 Å². The molecule has 0 heterocycles. The predicted octanol–water partition coefficient (Wildman–Crippen LogP) is 1.16. The van der Waals surface area contributed by atoms with Crippen LogP contribution in [0.3, 0.4) is 0 Å².